The first kappa shape index (κ1) is 13.1. The van der Waals surface area contributed by atoms with E-state index in [9.17, 15) is 4.79 Å². The highest BCUT2D eigenvalue weighted by Gasteiger charge is 2.12. The van der Waals surface area contributed by atoms with E-state index in [4.69, 9.17) is 9.52 Å². The second-order valence-corrected chi connectivity index (χ2v) is 5.01. The summed E-state index contributed by atoms with van der Waals surface area (Å²) in [7, 11) is 0. The molecule has 0 atom stereocenters. The Balaban J connectivity index is 1.77. The van der Waals surface area contributed by atoms with Crippen molar-refractivity contribution in [2.24, 2.45) is 0 Å². The third kappa shape index (κ3) is 2.97. The van der Waals surface area contributed by atoms with Gasteiger partial charge in [0.15, 0.2) is 5.58 Å². The number of piperazine rings is 1. The van der Waals surface area contributed by atoms with Crippen LogP contribution in [-0.2, 0) is 17.8 Å². The first-order chi connectivity index (χ1) is 9.70. The smallest absolute Gasteiger partial charge is 0.312 e. The van der Waals surface area contributed by atoms with E-state index in [1.807, 2.05) is 18.2 Å². The van der Waals surface area contributed by atoms with Crippen LogP contribution >= 0.6 is 0 Å². The molecule has 0 spiro atoms. The van der Waals surface area contributed by atoms with Crippen LogP contribution in [0.1, 0.15) is 11.5 Å². The van der Waals surface area contributed by atoms with Crippen molar-refractivity contribution in [2.75, 3.05) is 26.2 Å². The summed E-state index contributed by atoms with van der Waals surface area (Å²) in [6, 6.07) is 5.86. The molecule has 0 amide bonds. The van der Waals surface area contributed by atoms with Gasteiger partial charge in [-0.15, -0.1) is 0 Å². The molecule has 6 nitrogen and oxygen atoms in total. The minimum atomic E-state index is -0.933. The molecule has 1 aliphatic heterocycles. The quantitative estimate of drug-likeness (QED) is 0.861. The van der Waals surface area contributed by atoms with Crippen LogP contribution in [0.15, 0.2) is 22.6 Å². The molecule has 6 heteroatoms. The minimum absolute atomic E-state index is 0.179. The molecule has 0 bridgehead atoms. The first-order valence-electron chi connectivity index (χ1n) is 6.74. The zero-order valence-electron chi connectivity index (χ0n) is 11.1. The molecule has 1 aliphatic rings. The number of carboxylic acids is 1. The molecule has 2 heterocycles. The first-order valence-corrected chi connectivity index (χ1v) is 6.74. The predicted molar refractivity (Wildman–Crippen MR) is 73.5 cm³/mol. The lowest BCUT2D eigenvalue weighted by Gasteiger charge is -2.27. The molecular weight excluding hydrogens is 258 g/mol. The Kier molecular flexibility index (Phi) is 3.66. The molecule has 0 aliphatic carbocycles. The molecule has 1 aromatic carbocycles. The molecule has 1 fully saturated rings. The lowest BCUT2D eigenvalue weighted by molar-refractivity contribution is -0.136. The van der Waals surface area contributed by atoms with E-state index < -0.39 is 5.97 Å². The van der Waals surface area contributed by atoms with Gasteiger partial charge in [0.25, 0.3) is 0 Å². The van der Waals surface area contributed by atoms with Crippen molar-refractivity contribution in [3.63, 3.8) is 0 Å². The van der Waals surface area contributed by atoms with E-state index in [0.717, 1.165) is 38.2 Å². The van der Waals surface area contributed by atoms with Crippen LogP contribution in [0.25, 0.3) is 11.1 Å². The number of carboxylic acid groups (broad SMARTS) is 1. The third-order valence-electron chi connectivity index (χ3n) is 3.41. The summed E-state index contributed by atoms with van der Waals surface area (Å²) in [5.41, 5.74) is 2.55. The topological polar surface area (TPSA) is 78.6 Å². The molecule has 1 saturated heterocycles. The second kappa shape index (κ2) is 5.60. The fraction of sp³-hybridized carbons (Fsp3) is 0.429. The molecular formula is C14H17N3O3. The average Bonchev–Trinajstić information content (AvgIpc) is 2.80. The van der Waals surface area contributed by atoms with Crippen LogP contribution < -0.4 is 5.32 Å². The van der Waals surface area contributed by atoms with Gasteiger partial charge in [-0.1, -0.05) is 6.07 Å². The standard InChI is InChI=1S/C14H17N3O3/c18-14(19)8-13-16-11-7-10(1-2-12(11)20-13)9-17-5-3-15-4-6-17/h1-2,7,15H,3-6,8-9H2,(H,18,19). The van der Waals surface area contributed by atoms with Gasteiger partial charge >= 0.3 is 5.97 Å². The van der Waals surface area contributed by atoms with Crippen LogP contribution in [0.4, 0.5) is 0 Å². The van der Waals surface area contributed by atoms with Gasteiger partial charge in [-0.25, -0.2) is 4.98 Å². The largest absolute Gasteiger partial charge is 0.481 e. The molecule has 0 unspecified atom stereocenters. The number of benzene rings is 1. The molecule has 0 saturated carbocycles. The Morgan fingerprint density at radius 1 is 1.40 bits per heavy atom. The summed E-state index contributed by atoms with van der Waals surface area (Å²) >= 11 is 0. The molecule has 1 aromatic heterocycles. The Labute approximate surface area is 116 Å². The minimum Gasteiger partial charge on any atom is -0.481 e. The van der Waals surface area contributed by atoms with E-state index in [1.54, 1.807) is 0 Å². The van der Waals surface area contributed by atoms with Gasteiger partial charge in [-0.2, -0.15) is 0 Å². The summed E-state index contributed by atoms with van der Waals surface area (Å²) in [5, 5.41) is 12.1. The average molecular weight is 275 g/mol. The molecule has 2 N–H and O–H groups in total. The van der Waals surface area contributed by atoms with E-state index >= 15 is 0 Å². The van der Waals surface area contributed by atoms with E-state index in [-0.39, 0.29) is 12.3 Å². The Bertz CT molecular complexity index is 617. The number of nitrogens with zero attached hydrogens (tertiary/aromatic N) is 2. The van der Waals surface area contributed by atoms with Gasteiger partial charge in [0, 0.05) is 32.7 Å². The highest BCUT2D eigenvalue weighted by molar-refractivity contribution is 5.75. The van der Waals surface area contributed by atoms with Gasteiger partial charge in [0.05, 0.1) is 0 Å². The zero-order chi connectivity index (χ0) is 13.9. The SMILES string of the molecule is O=C(O)Cc1nc2cc(CN3CCNCC3)ccc2o1. The number of nitrogens with one attached hydrogen (secondary N) is 1. The number of rotatable bonds is 4. The maximum atomic E-state index is 10.7. The molecule has 3 rings (SSSR count). The summed E-state index contributed by atoms with van der Waals surface area (Å²) < 4.78 is 5.41. The molecule has 106 valence electrons. The predicted octanol–water partition coefficient (Wildman–Crippen LogP) is 0.860. The number of aromatic nitrogens is 1. The second-order valence-electron chi connectivity index (χ2n) is 5.01. The molecule has 2 aromatic rings. The lowest BCUT2D eigenvalue weighted by Crippen LogP contribution is -2.42. The van der Waals surface area contributed by atoms with Crippen molar-refractivity contribution in [3.05, 3.63) is 29.7 Å². The lowest BCUT2D eigenvalue weighted by atomic mass is 10.2. The van der Waals surface area contributed by atoms with E-state index in [2.05, 4.69) is 15.2 Å². The number of aliphatic carboxylic acids is 1. The number of fused-ring (bicyclic) bond motifs is 1. The monoisotopic (exact) mass is 275 g/mol. The van der Waals surface area contributed by atoms with Gasteiger partial charge < -0.3 is 14.8 Å². The normalized spacial score (nSPS) is 16.6. The van der Waals surface area contributed by atoms with Crippen molar-refractivity contribution in [3.8, 4) is 0 Å². The maximum absolute atomic E-state index is 10.7. The fourth-order valence-corrected chi connectivity index (χ4v) is 2.45. The molecule has 0 radical (unpaired) electrons. The van der Waals surface area contributed by atoms with Crippen LogP contribution in [-0.4, -0.2) is 47.1 Å². The van der Waals surface area contributed by atoms with Crippen molar-refractivity contribution < 1.29 is 14.3 Å². The van der Waals surface area contributed by atoms with Crippen molar-refractivity contribution >= 4 is 17.1 Å². The van der Waals surface area contributed by atoms with E-state index in [1.165, 1.54) is 5.56 Å². The van der Waals surface area contributed by atoms with Crippen LogP contribution in [0.5, 0.6) is 0 Å². The van der Waals surface area contributed by atoms with E-state index in [0.29, 0.717) is 5.58 Å². The Morgan fingerprint density at radius 2 is 2.20 bits per heavy atom. The summed E-state index contributed by atoms with van der Waals surface area (Å²) in [6.07, 6.45) is -0.179. The third-order valence-corrected chi connectivity index (χ3v) is 3.41. The highest BCUT2D eigenvalue weighted by Crippen LogP contribution is 2.18. The van der Waals surface area contributed by atoms with Gasteiger partial charge in [-0.05, 0) is 17.7 Å². The van der Waals surface area contributed by atoms with Gasteiger partial charge in [0.1, 0.15) is 11.9 Å². The molecule has 20 heavy (non-hydrogen) atoms. The van der Waals surface area contributed by atoms with Gasteiger partial charge in [-0.3, -0.25) is 9.69 Å². The summed E-state index contributed by atoms with van der Waals surface area (Å²) in [6.45, 7) is 5.02. The van der Waals surface area contributed by atoms with Gasteiger partial charge in [0.2, 0.25) is 5.89 Å². The van der Waals surface area contributed by atoms with Crippen LogP contribution in [0.3, 0.4) is 0 Å². The van der Waals surface area contributed by atoms with Crippen molar-refractivity contribution in [1.82, 2.24) is 15.2 Å². The number of carbonyl (C=O) groups is 1. The number of oxazole rings is 1. The summed E-state index contributed by atoms with van der Waals surface area (Å²) in [5.74, 6) is -0.676. The fourth-order valence-electron chi connectivity index (χ4n) is 2.45. The Hall–Kier alpha value is -1.92. The van der Waals surface area contributed by atoms with Crippen LogP contribution in [0.2, 0.25) is 0 Å². The van der Waals surface area contributed by atoms with Crippen molar-refractivity contribution in [1.29, 1.82) is 0 Å². The number of hydrogen-bond donors (Lipinski definition) is 2. The number of hydrogen-bond acceptors (Lipinski definition) is 5. The summed E-state index contributed by atoms with van der Waals surface area (Å²) in [4.78, 5) is 17.3. The maximum Gasteiger partial charge on any atom is 0.312 e. The van der Waals surface area contributed by atoms with Crippen molar-refractivity contribution in [2.45, 2.75) is 13.0 Å². The Morgan fingerprint density at radius 3 is 2.95 bits per heavy atom. The highest BCUT2D eigenvalue weighted by atomic mass is 16.4. The zero-order valence-corrected chi connectivity index (χ0v) is 11.1. The van der Waals surface area contributed by atoms with Crippen LogP contribution in [0, 0.1) is 0 Å².